The highest BCUT2D eigenvalue weighted by molar-refractivity contribution is 6.44. The van der Waals surface area contributed by atoms with Crippen molar-refractivity contribution in [3.63, 3.8) is 0 Å². The maximum Gasteiger partial charge on any atom is 0.227 e. The maximum absolute atomic E-state index is 12.5. The van der Waals surface area contributed by atoms with Crippen LogP contribution in [0.1, 0.15) is 18.9 Å². The molecule has 7 heteroatoms. The van der Waals surface area contributed by atoms with Gasteiger partial charge in [0, 0.05) is 19.5 Å². The number of hydrogen-bond donors (Lipinski definition) is 1. The summed E-state index contributed by atoms with van der Waals surface area (Å²) in [6.45, 7) is 3.22. The average molecular weight is 407 g/mol. The van der Waals surface area contributed by atoms with Crippen LogP contribution in [0, 0.1) is 5.92 Å². The van der Waals surface area contributed by atoms with E-state index >= 15 is 0 Å². The van der Waals surface area contributed by atoms with Crippen molar-refractivity contribution in [2.45, 2.75) is 19.9 Å². The van der Waals surface area contributed by atoms with Gasteiger partial charge in [-0.2, -0.15) is 0 Å². The molecule has 5 nitrogen and oxygen atoms in total. The quantitative estimate of drug-likeness (QED) is 0.786. The van der Waals surface area contributed by atoms with E-state index in [2.05, 4.69) is 5.32 Å². The molecule has 0 bridgehead atoms. The maximum atomic E-state index is 12.5. The topological polar surface area (TPSA) is 58.6 Å². The van der Waals surface area contributed by atoms with Crippen LogP contribution >= 0.6 is 23.2 Å². The molecule has 0 spiro atoms. The van der Waals surface area contributed by atoms with Gasteiger partial charge in [0.25, 0.3) is 0 Å². The SMILES string of the molecule is CCOc1ccc(CNC(=O)[C@@H]2CC(=O)N(c3cccc(Cl)c3Cl)C2)cc1. The highest BCUT2D eigenvalue weighted by atomic mass is 35.5. The highest BCUT2D eigenvalue weighted by Crippen LogP contribution is 2.35. The molecule has 1 N–H and O–H groups in total. The molecule has 1 heterocycles. The minimum Gasteiger partial charge on any atom is -0.494 e. The number of ether oxygens (including phenoxy) is 1. The van der Waals surface area contributed by atoms with Crippen molar-refractivity contribution in [1.82, 2.24) is 5.32 Å². The highest BCUT2D eigenvalue weighted by Gasteiger charge is 2.36. The normalized spacial score (nSPS) is 16.5. The second kappa shape index (κ2) is 8.63. The smallest absolute Gasteiger partial charge is 0.227 e. The van der Waals surface area contributed by atoms with Gasteiger partial charge in [0.15, 0.2) is 0 Å². The summed E-state index contributed by atoms with van der Waals surface area (Å²) in [5.74, 6) is 0.0801. The van der Waals surface area contributed by atoms with E-state index in [1.165, 1.54) is 4.90 Å². The fourth-order valence-electron chi connectivity index (χ4n) is 3.02. The molecule has 2 aromatic carbocycles. The van der Waals surface area contributed by atoms with Gasteiger partial charge in [0.2, 0.25) is 11.8 Å². The molecule has 1 saturated heterocycles. The van der Waals surface area contributed by atoms with Crippen LogP contribution < -0.4 is 15.0 Å². The number of nitrogens with one attached hydrogen (secondary N) is 1. The van der Waals surface area contributed by atoms with Crippen molar-refractivity contribution in [3.05, 3.63) is 58.1 Å². The standard InChI is InChI=1S/C20H20Cl2N2O3/c1-2-27-15-8-6-13(7-9-15)11-23-20(26)14-10-18(25)24(12-14)17-5-3-4-16(21)19(17)22/h3-9,14H,2,10-12H2,1H3,(H,23,26)/t14-/m1/s1. The molecule has 1 aliphatic heterocycles. The molecule has 0 saturated carbocycles. The lowest BCUT2D eigenvalue weighted by atomic mass is 10.1. The number of nitrogens with zero attached hydrogens (tertiary/aromatic N) is 1. The minimum atomic E-state index is -0.421. The zero-order valence-corrected chi connectivity index (χ0v) is 16.4. The number of anilines is 1. The molecule has 0 unspecified atom stereocenters. The summed E-state index contributed by atoms with van der Waals surface area (Å²) in [4.78, 5) is 26.4. The minimum absolute atomic E-state index is 0.139. The van der Waals surface area contributed by atoms with Crippen LogP contribution in [0.5, 0.6) is 5.75 Å². The van der Waals surface area contributed by atoms with Crippen molar-refractivity contribution in [1.29, 1.82) is 0 Å². The van der Waals surface area contributed by atoms with Gasteiger partial charge >= 0.3 is 0 Å². The molecular formula is C20H20Cl2N2O3. The number of hydrogen-bond acceptors (Lipinski definition) is 3. The first-order valence-electron chi connectivity index (χ1n) is 8.73. The summed E-state index contributed by atoms with van der Waals surface area (Å²) in [6, 6.07) is 12.7. The Labute approximate surface area is 168 Å². The summed E-state index contributed by atoms with van der Waals surface area (Å²) < 4.78 is 5.40. The molecule has 1 aliphatic rings. The lowest BCUT2D eigenvalue weighted by molar-refractivity contribution is -0.126. The van der Waals surface area contributed by atoms with Gasteiger partial charge in [-0.1, -0.05) is 41.4 Å². The molecule has 0 aliphatic carbocycles. The van der Waals surface area contributed by atoms with E-state index in [-0.39, 0.29) is 24.8 Å². The molecular weight excluding hydrogens is 387 g/mol. The Hall–Kier alpha value is -2.24. The number of amides is 2. The van der Waals surface area contributed by atoms with Gasteiger partial charge in [-0.25, -0.2) is 0 Å². The Morgan fingerprint density at radius 2 is 1.96 bits per heavy atom. The van der Waals surface area contributed by atoms with Crippen LogP contribution in [0.3, 0.4) is 0 Å². The zero-order valence-electron chi connectivity index (χ0n) is 14.9. The average Bonchev–Trinajstić information content (AvgIpc) is 3.05. The molecule has 27 heavy (non-hydrogen) atoms. The molecule has 3 rings (SSSR count). The predicted octanol–water partition coefficient (Wildman–Crippen LogP) is 4.06. The van der Waals surface area contributed by atoms with Crippen LogP contribution in [0.15, 0.2) is 42.5 Å². The summed E-state index contributed by atoms with van der Waals surface area (Å²) in [7, 11) is 0. The Balaban J connectivity index is 1.59. The van der Waals surface area contributed by atoms with Crippen LogP contribution in [0.2, 0.25) is 10.0 Å². The van der Waals surface area contributed by atoms with E-state index in [0.29, 0.717) is 28.9 Å². The summed E-state index contributed by atoms with van der Waals surface area (Å²) in [5.41, 5.74) is 1.50. The van der Waals surface area contributed by atoms with Gasteiger partial charge in [0.1, 0.15) is 5.75 Å². The zero-order chi connectivity index (χ0) is 19.4. The van der Waals surface area contributed by atoms with E-state index < -0.39 is 5.92 Å². The molecule has 0 aromatic heterocycles. The van der Waals surface area contributed by atoms with Crippen LogP contribution in [-0.2, 0) is 16.1 Å². The Kier molecular flexibility index (Phi) is 6.24. The second-order valence-electron chi connectivity index (χ2n) is 6.27. The van der Waals surface area contributed by atoms with Crippen molar-refractivity contribution in [2.75, 3.05) is 18.1 Å². The van der Waals surface area contributed by atoms with Gasteiger partial charge in [-0.15, -0.1) is 0 Å². The molecule has 2 aromatic rings. The van der Waals surface area contributed by atoms with Crippen molar-refractivity contribution in [2.24, 2.45) is 5.92 Å². The number of carbonyl (C=O) groups is 2. The summed E-state index contributed by atoms with van der Waals surface area (Å²) >= 11 is 12.2. The number of rotatable bonds is 6. The van der Waals surface area contributed by atoms with Crippen LogP contribution in [0.4, 0.5) is 5.69 Å². The van der Waals surface area contributed by atoms with Gasteiger partial charge in [-0.3, -0.25) is 9.59 Å². The van der Waals surface area contributed by atoms with E-state index in [9.17, 15) is 9.59 Å². The van der Waals surface area contributed by atoms with E-state index in [1.54, 1.807) is 18.2 Å². The number of benzene rings is 2. The fraction of sp³-hybridized carbons (Fsp3) is 0.300. The lowest BCUT2D eigenvalue weighted by Crippen LogP contribution is -2.32. The molecule has 2 amide bonds. The van der Waals surface area contributed by atoms with Crippen molar-refractivity contribution >= 4 is 40.7 Å². The van der Waals surface area contributed by atoms with Crippen molar-refractivity contribution < 1.29 is 14.3 Å². The van der Waals surface area contributed by atoms with Gasteiger partial charge in [-0.05, 0) is 36.8 Å². The Morgan fingerprint density at radius 3 is 2.67 bits per heavy atom. The van der Waals surface area contributed by atoms with Crippen LogP contribution in [0.25, 0.3) is 0 Å². The molecule has 1 atom stereocenters. The summed E-state index contributed by atoms with van der Waals surface area (Å²) in [5, 5.41) is 3.60. The van der Waals surface area contributed by atoms with Crippen LogP contribution in [-0.4, -0.2) is 25.0 Å². The third-order valence-corrected chi connectivity index (χ3v) is 5.23. The summed E-state index contributed by atoms with van der Waals surface area (Å²) in [6.07, 6.45) is 0.151. The third kappa shape index (κ3) is 4.54. The van der Waals surface area contributed by atoms with E-state index in [1.807, 2.05) is 31.2 Å². The second-order valence-corrected chi connectivity index (χ2v) is 7.06. The first-order chi connectivity index (χ1) is 13.0. The number of halogens is 2. The predicted molar refractivity (Wildman–Crippen MR) is 106 cm³/mol. The van der Waals surface area contributed by atoms with Gasteiger partial charge < -0.3 is 15.0 Å². The largest absolute Gasteiger partial charge is 0.494 e. The number of carbonyl (C=O) groups excluding carboxylic acids is 2. The Bertz CT molecular complexity index is 840. The lowest BCUT2D eigenvalue weighted by Gasteiger charge is -2.18. The third-order valence-electron chi connectivity index (χ3n) is 4.42. The molecule has 142 valence electrons. The van der Waals surface area contributed by atoms with Crippen molar-refractivity contribution in [3.8, 4) is 5.75 Å². The Morgan fingerprint density at radius 1 is 1.22 bits per heavy atom. The van der Waals surface area contributed by atoms with E-state index in [0.717, 1.165) is 11.3 Å². The fourth-order valence-corrected chi connectivity index (χ4v) is 3.42. The molecule has 0 radical (unpaired) electrons. The first kappa shape index (κ1) is 19.5. The van der Waals surface area contributed by atoms with Gasteiger partial charge in [0.05, 0.1) is 28.3 Å². The monoisotopic (exact) mass is 406 g/mol. The first-order valence-corrected chi connectivity index (χ1v) is 9.49. The molecule has 1 fully saturated rings. The van der Waals surface area contributed by atoms with E-state index in [4.69, 9.17) is 27.9 Å².